The molecule has 0 bridgehead atoms. The van der Waals surface area contributed by atoms with Crippen LogP contribution in [0.1, 0.15) is 15.9 Å². The van der Waals surface area contributed by atoms with Crippen molar-refractivity contribution in [3.8, 4) is 11.5 Å². The van der Waals surface area contributed by atoms with Crippen LogP contribution in [-0.4, -0.2) is 37.3 Å². The second kappa shape index (κ2) is 9.56. The zero-order valence-corrected chi connectivity index (χ0v) is 16.1. The molecular formula is C19H17NO7S. The van der Waals surface area contributed by atoms with Gasteiger partial charge in [-0.15, -0.1) is 11.8 Å². The Morgan fingerprint density at radius 1 is 1.11 bits per heavy atom. The Bertz CT molecular complexity index is 940. The number of carbonyl (C=O) groups is 2. The number of benzene rings is 2. The van der Waals surface area contributed by atoms with Gasteiger partial charge >= 0.3 is 11.9 Å². The molecule has 0 N–H and O–H groups in total. The molecule has 0 unspecified atom stereocenters. The molecule has 0 saturated carbocycles. The molecule has 28 heavy (non-hydrogen) atoms. The number of esters is 2. The van der Waals surface area contributed by atoms with Crippen LogP contribution >= 0.6 is 11.8 Å². The molecule has 9 heteroatoms. The third kappa shape index (κ3) is 5.10. The maximum Gasteiger partial charge on any atom is 0.350 e. The Kier molecular flexibility index (Phi) is 7.16. The second-order valence-electron chi connectivity index (χ2n) is 5.30. The number of nitro benzene ring substituents is 1. The molecule has 0 fully saturated rings. The molecule has 0 aromatic heterocycles. The van der Waals surface area contributed by atoms with Crippen LogP contribution in [-0.2, 0) is 9.53 Å². The van der Waals surface area contributed by atoms with Gasteiger partial charge in [0.05, 0.1) is 19.1 Å². The van der Waals surface area contributed by atoms with Crippen LogP contribution in [0.2, 0.25) is 0 Å². The summed E-state index contributed by atoms with van der Waals surface area (Å²) in [7, 11) is 2.65. The molecule has 146 valence electrons. The van der Waals surface area contributed by atoms with Crippen LogP contribution in [0, 0.1) is 10.1 Å². The van der Waals surface area contributed by atoms with Gasteiger partial charge in [0.15, 0.2) is 11.5 Å². The minimum atomic E-state index is -0.876. The minimum absolute atomic E-state index is 0.0894. The lowest BCUT2D eigenvalue weighted by molar-refractivity contribution is -0.385. The molecule has 0 aliphatic rings. The Hall–Kier alpha value is -3.33. The van der Waals surface area contributed by atoms with Gasteiger partial charge in [-0.25, -0.2) is 9.59 Å². The lowest BCUT2D eigenvalue weighted by atomic mass is 10.1. The van der Waals surface area contributed by atoms with Gasteiger partial charge in [-0.3, -0.25) is 10.1 Å². The summed E-state index contributed by atoms with van der Waals surface area (Å²) in [5, 5.41) is 11.2. The van der Waals surface area contributed by atoms with Crippen LogP contribution in [0.25, 0.3) is 6.08 Å². The van der Waals surface area contributed by atoms with Gasteiger partial charge in [0, 0.05) is 17.0 Å². The fourth-order valence-electron chi connectivity index (χ4n) is 2.22. The lowest BCUT2D eigenvalue weighted by Gasteiger charge is -2.10. The summed E-state index contributed by atoms with van der Waals surface area (Å²) in [6, 6.07) is 8.85. The third-order valence-electron chi connectivity index (χ3n) is 3.62. The monoisotopic (exact) mass is 403 g/mol. The van der Waals surface area contributed by atoms with E-state index in [0.717, 1.165) is 0 Å². The first-order chi connectivity index (χ1) is 13.4. The SMILES string of the molecule is COC(=O)/C=C/c1ccc(OC(=O)c2cc(SC)ccc2[N+](=O)[O-])c(OC)c1. The van der Waals surface area contributed by atoms with Gasteiger partial charge in [-0.1, -0.05) is 6.07 Å². The molecule has 0 aliphatic carbocycles. The number of carbonyl (C=O) groups excluding carboxylic acids is 2. The van der Waals surface area contributed by atoms with E-state index in [9.17, 15) is 19.7 Å². The molecule has 2 aromatic rings. The van der Waals surface area contributed by atoms with Crippen molar-refractivity contribution >= 4 is 35.5 Å². The molecule has 0 atom stereocenters. The van der Waals surface area contributed by atoms with Crippen LogP contribution in [0.4, 0.5) is 5.69 Å². The number of hydrogen-bond donors (Lipinski definition) is 0. The van der Waals surface area contributed by atoms with Gasteiger partial charge in [-0.05, 0) is 42.2 Å². The van der Waals surface area contributed by atoms with Crippen molar-refractivity contribution in [3.05, 3.63) is 63.7 Å². The Balaban J connectivity index is 2.32. The summed E-state index contributed by atoms with van der Waals surface area (Å²) in [5.41, 5.74) is 0.102. The van der Waals surface area contributed by atoms with E-state index < -0.39 is 16.9 Å². The topological polar surface area (TPSA) is 105 Å². The predicted octanol–water partition coefficient (Wildman–Crippen LogP) is 3.73. The second-order valence-corrected chi connectivity index (χ2v) is 6.18. The zero-order valence-electron chi connectivity index (χ0n) is 15.3. The quantitative estimate of drug-likeness (QED) is 0.172. The maximum absolute atomic E-state index is 12.5. The summed E-state index contributed by atoms with van der Waals surface area (Å²) in [6.07, 6.45) is 4.53. The van der Waals surface area contributed by atoms with E-state index in [1.54, 1.807) is 24.5 Å². The highest BCUT2D eigenvalue weighted by Gasteiger charge is 2.23. The normalized spacial score (nSPS) is 10.5. The fourth-order valence-corrected chi connectivity index (χ4v) is 2.66. The summed E-state index contributed by atoms with van der Waals surface area (Å²) < 4.78 is 15.1. The molecule has 0 saturated heterocycles. The smallest absolute Gasteiger partial charge is 0.350 e. The van der Waals surface area contributed by atoms with E-state index in [2.05, 4.69) is 4.74 Å². The number of methoxy groups -OCH3 is 2. The van der Waals surface area contributed by atoms with Crippen LogP contribution in [0.5, 0.6) is 11.5 Å². The highest BCUT2D eigenvalue weighted by Crippen LogP contribution is 2.31. The van der Waals surface area contributed by atoms with Crippen LogP contribution in [0.15, 0.2) is 47.4 Å². The largest absolute Gasteiger partial charge is 0.493 e. The van der Waals surface area contributed by atoms with Crippen molar-refractivity contribution in [2.45, 2.75) is 4.90 Å². The highest BCUT2D eigenvalue weighted by atomic mass is 32.2. The Labute approximate surface area is 165 Å². The molecule has 0 spiro atoms. The van der Waals surface area contributed by atoms with Crippen LogP contribution < -0.4 is 9.47 Å². The van der Waals surface area contributed by atoms with Crippen molar-refractivity contribution in [2.75, 3.05) is 20.5 Å². The molecular weight excluding hydrogens is 386 g/mol. The highest BCUT2D eigenvalue weighted by molar-refractivity contribution is 7.98. The van der Waals surface area contributed by atoms with Gasteiger partial charge in [-0.2, -0.15) is 0 Å². The van der Waals surface area contributed by atoms with E-state index >= 15 is 0 Å². The van der Waals surface area contributed by atoms with E-state index in [4.69, 9.17) is 9.47 Å². The van der Waals surface area contributed by atoms with Crippen molar-refractivity contribution in [1.29, 1.82) is 0 Å². The molecule has 8 nitrogen and oxygen atoms in total. The first kappa shape index (κ1) is 21.0. The molecule has 2 rings (SSSR count). The maximum atomic E-state index is 12.5. The number of thioether (sulfide) groups is 1. The lowest BCUT2D eigenvalue weighted by Crippen LogP contribution is -2.12. The number of ether oxygens (including phenoxy) is 3. The van der Waals surface area contributed by atoms with Crippen molar-refractivity contribution in [2.24, 2.45) is 0 Å². The summed E-state index contributed by atoms with van der Waals surface area (Å²) in [5.74, 6) is -1.08. The number of hydrogen-bond acceptors (Lipinski definition) is 8. The standard InChI is InChI=1S/C19H17NO7S/c1-25-17-10-12(5-9-18(21)26-2)4-8-16(17)27-19(22)14-11-13(28-3)6-7-15(14)20(23)24/h4-11H,1-3H3/b9-5+. The van der Waals surface area contributed by atoms with E-state index in [0.29, 0.717) is 10.5 Å². The third-order valence-corrected chi connectivity index (χ3v) is 4.35. The van der Waals surface area contributed by atoms with Gasteiger partial charge in [0.25, 0.3) is 5.69 Å². The van der Waals surface area contributed by atoms with Crippen molar-refractivity contribution in [1.82, 2.24) is 0 Å². The molecule has 0 amide bonds. The summed E-state index contributed by atoms with van der Waals surface area (Å²) >= 11 is 1.35. The van der Waals surface area contributed by atoms with Crippen molar-refractivity contribution in [3.63, 3.8) is 0 Å². The fraction of sp³-hybridized carbons (Fsp3) is 0.158. The van der Waals surface area contributed by atoms with E-state index in [-0.39, 0.29) is 22.7 Å². The average molecular weight is 403 g/mol. The minimum Gasteiger partial charge on any atom is -0.493 e. The number of nitro groups is 1. The van der Waals surface area contributed by atoms with Crippen molar-refractivity contribution < 1.29 is 28.7 Å². The molecule has 0 aliphatic heterocycles. The summed E-state index contributed by atoms with van der Waals surface area (Å²) in [6.45, 7) is 0. The van der Waals surface area contributed by atoms with E-state index in [1.165, 1.54) is 56.3 Å². The van der Waals surface area contributed by atoms with E-state index in [1.807, 2.05) is 0 Å². The summed E-state index contributed by atoms with van der Waals surface area (Å²) in [4.78, 5) is 35.0. The van der Waals surface area contributed by atoms with Gasteiger partial charge in [0.2, 0.25) is 0 Å². The Morgan fingerprint density at radius 2 is 1.86 bits per heavy atom. The molecule has 0 radical (unpaired) electrons. The number of rotatable bonds is 7. The number of nitrogens with zero attached hydrogens (tertiary/aromatic N) is 1. The first-order valence-corrected chi connectivity index (χ1v) is 9.10. The molecule has 2 aromatic carbocycles. The predicted molar refractivity (Wildman–Crippen MR) is 104 cm³/mol. The van der Waals surface area contributed by atoms with Gasteiger partial charge < -0.3 is 14.2 Å². The zero-order chi connectivity index (χ0) is 20.7. The molecule has 0 heterocycles. The average Bonchev–Trinajstić information content (AvgIpc) is 2.71. The van der Waals surface area contributed by atoms with Gasteiger partial charge in [0.1, 0.15) is 5.56 Å². The first-order valence-electron chi connectivity index (χ1n) is 7.88. The van der Waals surface area contributed by atoms with Crippen LogP contribution in [0.3, 0.4) is 0 Å². The Morgan fingerprint density at radius 3 is 2.46 bits per heavy atom.